The van der Waals surface area contributed by atoms with Crippen molar-refractivity contribution >= 4 is 28.2 Å². The molecule has 26 heavy (non-hydrogen) atoms. The number of hydrogen-bond donors (Lipinski definition) is 2. The minimum Gasteiger partial charge on any atom is -0.354 e. The first-order chi connectivity index (χ1) is 12.7. The molecule has 0 spiro atoms. The first kappa shape index (κ1) is 17.7. The van der Waals surface area contributed by atoms with Gasteiger partial charge in [0.15, 0.2) is 0 Å². The van der Waals surface area contributed by atoms with Crippen molar-refractivity contribution in [2.24, 2.45) is 0 Å². The van der Waals surface area contributed by atoms with Crippen molar-refractivity contribution in [1.82, 2.24) is 10.3 Å². The van der Waals surface area contributed by atoms with Crippen LogP contribution in [-0.4, -0.2) is 17.4 Å². The Morgan fingerprint density at radius 1 is 1.19 bits per heavy atom. The molecule has 0 bridgehead atoms. The lowest BCUT2D eigenvalue weighted by Gasteiger charge is -2.17. The Balaban J connectivity index is 2.18. The van der Waals surface area contributed by atoms with Crippen LogP contribution < -0.4 is 10.6 Å². The second-order valence-corrected chi connectivity index (χ2v) is 6.15. The van der Waals surface area contributed by atoms with Crippen LogP contribution >= 0.6 is 0 Å². The normalized spacial score (nSPS) is 10.5. The predicted octanol–water partition coefficient (Wildman–Crippen LogP) is 4.77. The Hall–Kier alpha value is -3.14. The second-order valence-electron chi connectivity index (χ2n) is 6.15. The molecule has 0 saturated carbocycles. The van der Waals surface area contributed by atoms with E-state index >= 15 is 0 Å². The number of hydrogen-bond acceptors (Lipinski definition) is 3. The summed E-state index contributed by atoms with van der Waals surface area (Å²) in [5.74, 6) is -0.169. The minimum absolute atomic E-state index is 0.169. The molecule has 2 aromatic carbocycles. The Bertz CT molecular complexity index is 963. The molecule has 4 heteroatoms. The van der Waals surface area contributed by atoms with Gasteiger partial charge in [-0.3, -0.25) is 9.78 Å². The molecule has 0 atom stereocenters. The maximum atomic E-state index is 12.7. The second kappa shape index (κ2) is 7.83. The molecule has 3 aromatic rings. The fourth-order valence-electron chi connectivity index (χ4n) is 2.98. The molecule has 1 amide bonds. The summed E-state index contributed by atoms with van der Waals surface area (Å²) < 4.78 is 0. The van der Waals surface area contributed by atoms with Crippen LogP contribution in [0.25, 0.3) is 10.9 Å². The van der Waals surface area contributed by atoms with E-state index in [-0.39, 0.29) is 5.91 Å². The summed E-state index contributed by atoms with van der Waals surface area (Å²) in [6.45, 7) is 8.22. The Kier molecular flexibility index (Phi) is 5.32. The fourth-order valence-corrected chi connectivity index (χ4v) is 2.98. The summed E-state index contributed by atoms with van der Waals surface area (Å²) in [5, 5.41) is 7.25. The van der Waals surface area contributed by atoms with Crippen molar-refractivity contribution in [2.75, 3.05) is 11.9 Å². The van der Waals surface area contributed by atoms with Gasteiger partial charge in [-0.1, -0.05) is 49.4 Å². The van der Waals surface area contributed by atoms with Gasteiger partial charge in [0.05, 0.1) is 16.8 Å². The van der Waals surface area contributed by atoms with Gasteiger partial charge in [0.1, 0.15) is 0 Å². The van der Waals surface area contributed by atoms with Crippen LogP contribution in [0, 0.1) is 6.92 Å². The molecular formula is C22H23N3O. The Morgan fingerprint density at radius 3 is 2.73 bits per heavy atom. The van der Waals surface area contributed by atoms with E-state index in [1.54, 1.807) is 12.3 Å². The number of anilines is 2. The van der Waals surface area contributed by atoms with Crippen LogP contribution in [0.3, 0.4) is 0 Å². The number of carbonyl (C=O) groups excluding carboxylic acids is 1. The Labute approximate surface area is 154 Å². The molecule has 0 unspecified atom stereocenters. The molecule has 0 radical (unpaired) electrons. The summed E-state index contributed by atoms with van der Waals surface area (Å²) in [7, 11) is 0. The predicted molar refractivity (Wildman–Crippen MR) is 108 cm³/mol. The molecule has 1 heterocycles. The van der Waals surface area contributed by atoms with E-state index in [4.69, 9.17) is 0 Å². The van der Waals surface area contributed by atoms with Gasteiger partial charge in [0.25, 0.3) is 5.91 Å². The highest BCUT2D eigenvalue weighted by atomic mass is 16.1. The number of rotatable bonds is 6. The van der Waals surface area contributed by atoms with Crippen LogP contribution in [0.4, 0.5) is 11.4 Å². The fraction of sp³-hybridized carbons (Fsp3) is 0.182. The van der Waals surface area contributed by atoms with E-state index in [0.29, 0.717) is 12.1 Å². The van der Waals surface area contributed by atoms with Crippen molar-refractivity contribution in [3.8, 4) is 0 Å². The summed E-state index contributed by atoms with van der Waals surface area (Å²) in [5.41, 5.74) is 5.47. The lowest BCUT2D eigenvalue weighted by molar-refractivity contribution is 0.0958. The van der Waals surface area contributed by atoms with E-state index in [2.05, 4.69) is 35.2 Å². The van der Waals surface area contributed by atoms with Gasteiger partial charge in [-0.25, -0.2) is 0 Å². The number of nitrogens with zero attached hydrogens (tertiary/aromatic N) is 1. The number of para-hydroxylation sites is 2. The third-order valence-corrected chi connectivity index (χ3v) is 4.42. The molecule has 4 nitrogen and oxygen atoms in total. The van der Waals surface area contributed by atoms with Crippen LogP contribution in [0.5, 0.6) is 0 Å². The van der Waals surface area contributed by atoms with E-state index in [1.165, 1.54) is 0 Å². The maximum Gasteiger partial charge on any atom is 0.255 e. The van der Waals surface area contributed by atoms with Gasteiger partial charge >= 0.3 is 0 Å². The quantitative estimate of drug-likeness (QED) is 0.633. The summed E-state index contributed by atoms with van der Waals surface area (Å²) in [6, 6.07) is 14.1. The van der Waals surface area contributed by atoms with Gasteiger partial charge in [-0.2, -0.15) is 0 Å². The highest BCUT2D eigenvalue weighted by Crippen LogP contribution is 2.32. The molecule has 0 fully saturated rings. The smallest absolute Gasteiger partial charge is 0.255 e. The SMILES string of the molecule is C=CCNC(=O)c1cnc2c(CC)cccc2c1Nc1ccccc1C. The summed E-state index contributed by atoms with van der Waals surface area (Å²) in [4.78, 5) is 17.2. The molecule has 0 aliphatic carbocycles. The first-order valence-corrected chi connectivity index (χ1v) is 8.78. The third-order valence-electron chi connectivity index (χ3n) is 4.42. The van der Waals surface area contributed by atoms with Crippen molar-refractivity contribution in [2.45, 2.75) is 20.3 Å². The number of aromatic nitrogens is 1. The molecule has 0 aliphatic rings. The van der Waals surface area contributed by atoms with E-state index < -0.39 is 0 Å². The summed E-state index contributed by atoms with van der Waals surface area (Å²) >= 11 is 0. The number of carbonyl (C=O) groups is 1. The number of fused-ring (bicyclic) bond motifs is 1. The average molecular weight is 345 g/mol. The number of pyridine rings is 1. The highest BCUT2D eigenvalue weighted by molar-refractivity contribution is 6.08. The third kappa shape index (κ3) is 3.45. The highest BCUT2D eigenvalue weighted by Gasteiger charge is 2.17. The standard InChI is InChI=1S/C22H23N3O/c1-4-13-23-22(26)18-14-24-20-16(5-2)10-8-11-17(20)21(18)25-19-12-7-6-9-15(19)3/h4,6-12,14H,1,5,13H2,2-3H3,(H,23,26)(H,24,25). The largest absolute Gasteiger partial charge is 0.354 e. The number of aryl methyl sites for hydroxylation is 2. The van der Waals surface area contributed by atoms with E-state index in [0.717, 1.165) is 39.8 Å². The zero-order valence-electron chi connectivity index (χ0n) is 15.2. The van der Waals surface area contributed by atoms with Gasteiger partial charge in [0, 0.05) is 23.8 Å². The minimum atomic E-state index is -0.169. The summed E-state index contributed by atoms with van der Waals surface area (Å²) in [6.07, 6.45) is 4.20. The van der Waals surface area contributed by atoms with Crippen LogP contribution in [0.15, 0.2) is 61.3 Å². The number of amides is 1. The van der Waals surface area contributed by atoms with Gasteiger partial charge in [0.2, 0.25) is 0 Å². The van der Waals surface area contributed by atoms with Gasteiger partial charge < -0.3 is 10.6 Å². The maximum absolute atomic E-state index is 12.7. The first-order valence-electron chi connectivity index (χ1n) is 8.78. The lowest BCUT2D eigenvalue weighted by Crippen LogP contribution is -2.24. The molecular weight excluding hydrogens is 322 g/mol. The zero-order valence-corrected chi connectivity index (χ0v) is 15.2. The van der Waals surface area contributed by atoms with Crippen molar-refractivity contribution in [3.05, 3.63) is 78.0 Å². The Morgan fingerprint density at radius 2 is 2.00 bits per heavy atom. The van der Waals surface area contributed by atoms with Gasteiger partial charge in [-0.15, -0.1) is 6.58 Å². The molecule has 2 N–H and O–H groups in total. The molecule has 0 saturated heterocycles. The molecule has 3 rings (SSSR count). The van der Waals surface area contributed by atoms with Crippen LogP contribution in [0.1, 0.15) is 28.4 Å². The van der Waals surface area contributed by atoms with Crippen molar-refractivity contribution in [3.63, 3.8) is 0 Å². The topological polar surface area (TPSA) is 54.0 Å². The number of nitrogens with one attached hydrogen (secondary N) is 2. The van der Waals surface area contributed by atoms with Crippen LogP contribution in [-0.2, 0) is 6.42 Å². The van der Waals surface area contributed by atoms with E-state index in [9.17, 15) is 4.79 Å². The van der Waals surface area contributed by atoms with Gasteiger partial charge in [-0.05, 0) is 30.5 Å². The molecule has 0 aliphatic heterocycles. The zero-order chi connectivity index (χ0) is 18.5. The lowest BCUT2D eigenvalue weighted by atomic mass is 10.0. The van der Waals surface area contributed by atoms with Crippen molar-refractivity contribution < 1.29 is 4.79 Å². The average Bonchev–Trinajstić information content (AvgIpc) is 2.67. The number of benzene rings is 2. The van der Waals surface area contributed by atoms with Crippen LogP contribution in [0.2, 0.25) is 0 Å². The monoisotopic (exact) mass is 345 g/mol. The van der Waals surface area contributed by atoms with E-state index in [1.807, 2.05) is 43.3 Å². The molecule has 132 valence electrons. The molecule has 1 aromatic heterocycles. The van der Waals surface area contributed by atoms with Crippen molar-refractivity contribution in [1.29, 1.82) is 0 Å².